The molecule has 7 nitrogen and oxygen atoms in total. The van der Waals surface area contributed by atoms with Crippen molar-refractivity contribution in [3.8, 4) is 62.4 Å². The standard InChI is InChI=1S/C78H71N7/c1-75(2,3)51-38-49(39-52(43-51)76(4,5)6)73-80-72(81-74(82-73)50-40-53(77(7,8)9)44-54(41-50)78(10,11)12)48-34-35-68(84-65-31-21-16-26-56(65)57-27-17-22-32-66(57)84)60(42-48)63-47-79-37-36-69(63)85-67-33-23-19-29-59(67)62-45-61-58-28-18-20-30-64(58)83(70(61)46-71(62)85)55-24-14-13-15-25-55/h13-47H,1-12H3. The summed E-state index contributed by atoms with van der Waals surface area (Å²) in [7, 11) is 0. The van der Waals surface area contributed by atoms with Gasteiger partial charge < -0.3 is 13.7 Å². The zero-order valence-electron chi connectivity index (χ0n) is 50.8. The molecule has 0 unspecified atom stereocenters. The predicted molar refractivity (Wildman–Crippen MR) is 357 cm³/mol. The molecule has 418 valence electrons. The van der Waals surface area contributed by atoms with E-state index in [0.29, 0.717) is 17.5 Å². The Morgan fingerprint density at radius 1 is 0.282 bits per heavy atom. The van der Waals surface area contributed by atoms with E-state index in [-0.39, 0.29) is 21.7 Å². The van der Waals surface area contributed by atoms with E-state index in [1.807, 2.05) is 12.4 Å². The maximum Gasteiger partial charge on any atom is 0.164 e. The molecule has 0 aliphatic heterocycles. The van der Waals surface area contributed by atoms with Crippen molar-refractivity contribution in [1.29, 1.82) is 0 Å². The minimum atomic E-state index is -0.126. The summed E-state index contributed by atoms with van der Waals surface area (Å²) in [6, 6.07) is 73.5. The van der Waals surface area contributed by atoms with E-state index in [0.717, 1.165) is 72.5 Å². The van der Waals surface area contributed by atoms with Crippen LogP contribution in [-0.2, 0) is 21.7 Å². The highest BCUT2D eigenvalue weighted by atomic mass is 15.0. The number of hydrogen-bond donors (Lipinski definition) is 0. The van der Waals surface area contributed by atoms with Gasteiger partial charge in [-0.1, -0.05) is 186 Å². The van der Waals surface area contributed by atoms with E-state index in [1.54, 1.807) is 0 Å². The third-order valence-corrected chi connectivity index (χ3v) is 17.4. The van der Waals surface area contributed by atoms with Crippen molar-refractivity contribution in [2.24, 2.45) is 0 Å². The summed E-state index contributed by atoms with van der Waals surface area (Å²) in [5.74, 6) is 1.86. The second-order valence-electron chi connectivity index (χ2n) is 27.3. The van der Waals surface area contributed by atoms with Gasteiger partial charge in [0.15, 0.2) is 17.5 Å². The summed E-state index contributed by atoms with van der Waals surface area (Å²) >= 11 is 0. The third-order valence-electron chi connectivity index (χ3n) is 17.4. The number of hydrogen-bond acceptors (Lipinski definition) is 4. The first-order valence-electron chi connectivity index (χ1n) is 29.9. The van der Waals surface area contributed by atoms with Crippen molar-refractivity contribution >= 4 is 65.4 Å². The molecule has 0 saturated heterocycles. The van der Waals surface area contributed by atoms with E-state index >= 15 is 0 Å². The van der Waals surface area contributed by atoms with Crippen LogP contribution in [0.2, 0.25) is 0 Å². The Hall–Kier alpha value is -9.46. The molecule has 0 radical (unpaired) electrons. The topological polar surface area (TPSA) is 66.3 Å². The molecule has 0 amide bonds. The Morgan fingerprint density at radius 2 is 0.659 bits per heavy atom. The first-order chi connectivity index (χ1) is 40.7. The van der Waals surface area contributed by atoms with Crippen LogP contribution in [0.3, 0.4) is 0 Å². The van der Waals surface area contributed by atoms with Gasteiger partial charge >= 0.3 is 0 Å². The molecule has 0 spiro atoms. The lowest BCUT2D eigenvalue weighted by molar-refractivity contribution is 0.568. The Morgan fingerprint density at radius 3 is 1.12 bits per heavy atom. The zero-order chi connectivity index (χ0) is 58.9. The number of pyridine rings is 1. The number of fused-ring (bicyclic) bond motifs is 9. The van der Waals surface area contributed by atoms with Crippen molar-refractivity contribution in [3.63, 3.8) is 0 Å². The Balaban J connectivity index is 1.08. The van der Waals surface area contributed by atoms with Gasteiger partial charge in [-0.3, -0.25) is 4.98 Å². The van der Waals surface area contributed by atoms with Crippen LogP contribution in [0, 0.1) is 0 Å². The summed E-state index contributed by atoms with van der Waals surface area (Å²) in [6.45, 7) is 27.4. The average molecular weight is 1110 g/mol. The van der Waals surface area contributed by atoms with Gasteiger partial charge in [-0.15, -0.1) is 0 Å². The fourth-order valence-electron chi connectivity index (χ4n) is 12.6. The monoisotopic (exact) mass is 1110 g/mol. The average Bonchev–Trinajstić information content (AvgIpc) is 1.70. The van der Waals surface area contributed by atoms with Crippen LogP contribution >= 0.6 is 0 Å². The molecule has 7 heteroatoms. The number of para-hydroxylation sites is 5. The Bertz CT molecular complexity index is 4770. The van der Waals surface area contributed by atoms with Crippen molar-refractivity contribution in [3.05, 3.63) is 235 Å². The molecule has 0 aliphatic rings. The third kappa shape index (κ3) is 9.19. The molecule has 0 fully saturated rings. The SMILES string of the molecule is CC(C)(C)c1cc(-c2nc(-c3cc(C(C)(C)C)cc(C(C)(C)C)c3)nc(-c3ccc(-n4c5ccccc5c5ccccc54)c(-c4cnccc4-n4c5ccccc5c5cc6c7ccccc7n(-c7ccccc7)c6cc54)c3)n2)cc(C(C)(C)C)c1. The normalized spacial score (nSPS) is 12.7. The van der Waals surface area contributed by atoms with Crippen molar-refractivity contribution in [2.75, 3.05) is 0 Å². The van der Waals surface area contributed by atoms with Gasteiger partial charge in [0.1, 0.15) is 0 Å². The lowest BCUT2D eigenvalue weighted by Gasteiger charge is -2.26. The minimum absolute atomic E-state index is 0.126. The summed E-state index contributed by atoms with van der Waals surface area (Å²) in [5.41, 5.74) is 19.0. The molecule has 5 heterocycles. The number of rotatable bonds is 7. The molecule has 14 rings (SSSR count). The first kappa shape index (κ1) is 53.5. The first-order valence-corrected chi connectivity index (χ1v) is 29.9. The van der Waals surface area contributed by atoms with E-state index in [1.165, 1.54) is 60.1 Å². The van der Waals surface area contributed by atoms with Crippen LogP contribution in [0.25, 0.3) is 128 Å². The molecular formula is C78H71N7. The Kier molecular flexibility index (Phi) is 12.3. The summed E-state index contributed by atoms with van der Waals surface area (Å²) in [5, 5.41) is 7.16. The molecule has 0 aliphatic carbocycles. The van der Waals surface area contributed by atoms with E-state index in [9.17, 15) is 0 Å². The van der Waals surface area contributed by atoms with Gasteiger partial charge in [0, 0.05) is 78.2 Å². The van der Waals surface area contributed by atoms with Crippen molar-refractivity contribution in [2.45, 2.75) is 105 Å². The molecule has 9 aromatic carbocycles. The largest absolute Gasteiger partial charge is 0.309 e. The van der Waals surface area contributed by atoms with Crippen LogP contribution in [0.15, 0.2) is 213 Å². The fourth-order valence-corrected chi connectivity index (χ4v) is 12.6. The van der Waals surface area contributed by atoms with Crippen LogP contribution < -0.4 is 0 Å². The highest BCUT2D eigenvalue weighted by Gasteiger charge is 2.28. The Labute approximate surface area is 498 Å². The summed E-state index contributed by atoms with van der Waals surface area (Å²) in [6.07, 6.45) is 3.98. The van der Waals surface area contributed by atoms with Crippen LogP contribution in [0.4, 0.5) is 0 Å². The lowest BCUT2D eigenvalue weighted by Crippen LogP contribution is -2.17. The molecule has 0 atom stereocenters. The van der Waals surface area contributed by atoms with Crippen LogP contribution in [0.5, 0.6) is 0 Å². The quantitative estimate of drug-likeness (QED) is 0.159. The molecular weight excluding hydrogens is 1030 g/mol. The van der Waals surface area contributed by atoms with Gasteiger partial charge in [-0.05, 0) is 141 Å². The maximum absolute atomic E-state index is 5.60. The number of nitrogens with zero attached hydrogens (tertiary/aromatic N) is 7. The van der Waals surface area contributed by atoms with Crippen molar-refractivity contribution < 1.29 is 0 Å². The van der Waals surface area contributed by atoms with Gasteiger partial charge in [-0.25, -0.2) is 15.0 Å². The van der Waals surface area contributed by atoms with Crippen LogP contribution in [-0.4, -0.2) is 33.6 Å². The van der Waals surface area contributed by atoms with E-state index in [4.69, 9.17) is 19.9 Å². The van der Waals surface area contributed by atoms with Crippen molar-refractivity contribution in [1.82, 2.24) is 33.6 Å². The van der Waals surface area contributed by atoms with Gasteiger partial charge in [-0.2, -0.15) is 0 Å². The van der Waals surface area contributed by atoms with Gasteiger partial charge in [0.05, 0.1) is 44.5 Å². The highest BCUT2D eigenvalue weighted by molar-refractivity contribution is 6.19. The highest BCUT2D eigenvalue weighted by Crippen LogP contribution is 2.45. The summed E-state index contributed by atoms with van der Waals surface area (Å²) < 4.78 is 7.30. The van der Waals surface area contributed by atoms with E-state index in [2.05, 4.69) is 297 Å². The lowest BCUT2D eigenvalue weighted by atomic mass is 9.79. The van der Waals surface area contributed by atoms with E-state index < -0.39 is 0 Å². The predicted octanol–water partition coefficient (Wildman–Crippen LogP) is 20.4. The zero-order valence-corrected chi connectivity index (χ0v) is 50.8. The molecule has 85 heavy (non-hydrogen) atoms. The number of benzene rings is 9. The molecule has 0 N–H and O–H groups in total. The second-order valence-corrected chi connectivity index (χ2v) is 27.3. The van der Waals surface area contributed by atoms with Crippen LogP contribution in [0.1, 0.15) is 105 Å². The smallest absolute Gasteiger partial charge is 0.164 e. The molecule has 5 aromatic heterocycles. The van der Waals surface area contributed by atoms with Gasteiger partial charge in [0.2, 0.25) is 0 Å². The molecule has 14 aromatic rings. The second kappa shape index (κ2) is 19.6. The summed E-state index contributed by atoms with van der Waals surface area (Å²) in [4.78, 5) is 21.7. The molecule has 0 bridgehead atoms. The fraction of sp³-hybridized carbons (Fsp3) is 0.205. The number of aromatic nitrogens is 7. The molecule has 0 saturated carbocycles. The van der Waals surface area contributed by atoms with Gasteiger partial charge in [0.25, 0.3) is 0 Å². The maximum atomic E-state index is 5.60. The minimum Gasteiger partial charge on any atom is -0.309 e.